The first kappa shape index (κ1) is 15.1. The molecule has 2 rings (SSSR count). The second-order valence-corrected chi connectivity index (χ2v) is 6.71. The van der Waals surface area contributed by atoms with Crippen LogP contribution in [0, 0.1) is 0 Å². The molecule has 1 fully saturated rings. The zero-order valence-electron chi connectivity index (χ0n) is 10.6. The quantitative estimate of drug-likeness (QED) is 0.899. The maximum atomic E-state index is 12.1. The number of anilines is 1. The van der Waals surface area contributed by atoms with Crippen LogP contribution < -0.4 is 4.90 Å². The fraction of sp³-hybridized carbons (Fsp3) is 0.308. The van der Waals surface area contributed by atoms with Gasteiger partial charge in [0, 0.05) is 29.6 Å². The highest BCUT2D eigenvalue weighted by Gasteiger charge is 2.34. The van der Waals surface area contributed by atoms with Gasteiger partial charge in [-0.3, -0.25) is 9.59 Å². The number of hydrogen-bond donors (Lipinski definition) is 1. The molecule has 20 heavy (non-hydrogen) atoms. The van der Waals surface area contributed by atoms with Crippen molar-refractivity contribution in [2.24, 2.45) is 0 Å². The summed E-state index contributed by atoms with van der Waals surface area (Å²) >= 11 is 4.41. The minimum atomic E-state index is -1.09. The van der Waals surface area contributed by atoms with Gasteiger partial charge >= 0.3 is 5.97 Å². The number of hydrogen-bond acceptors (Lipinski definition) is 4. The molecule has 0 aliphatic carbocycles. The van der Waals surface area contributed by atoms with Gasteiger partial charge in [0.1, 0.15) is 0 Å². The molecule has 0 saturated carbocycles. The molecule has 1 N–H and O–H groups in total. The molecule has 1 amide bonds. The third kappa shape index (κ3) is 3.04. The van der Waals surface area contributed by atoms with E-state index < -0.39 is 5.97 Å². The molecule has 1 saturated heterocycles. The van der Waals surface area contributed by atoms with Crippen molar-refractivity contribution >= 4 is 50.4 Å². The number of amides is 1. The van der Waals surface area contributed by atoms with Crippen LogP contribution in [-0.4, -0.2) is 33.9 Å². The van der Waals surface area contributed by atoms with E-state index in [0.29, 0.717) is 16.7 Å². The lowest BCUT2D eigenvalue weighted by Gasteiger charge is -2.20. The topological polar surface area (TPSA) is 74.7 Å². The first-order chi connectivity index (χ1) is 9.40. The molecule has 0 aromatic heterocycles. The monoisotopic (exact) mass is 357 g/mol. The van der Waals surface area contributed by atoms with E-state index in [-0.39, 0.29) is 28.3 Å². The van der Waals surface area contributed by atoms with E-state index in [4.69, 9.17) is 0 Å². The normalized spacial score (nSPS) is 18.4. The van der Waals surface area contributed by atoms with E-state index in [1.54, 1.807) is 12.1 Å². The first-order valence-electron chi connectivity index (χ1n) is 5.89. The first-order valence-corrected chi connectivity index (χ1v) is 7.56. The molecular weight excluding hydrogens is 346 g/mol. The fourth-order valence-electron chi connectivity index (χ4n) is 2.17. The Morgan fingerprint density at radius 1 is 1.45 bits per heavy atom. The van der Waals surface area contributed by atoms with Gasteiger partial charge in [-0.05, 0) is 28.1 Å². The maximum Gasteiger partial charge on any atom is 0.337 e. The number of para-hydroxylation sites is 1. The molecule has 0 bridgehead atoms. The van der Waals surface area contributed by atoms with E-state index >= 15 is 0 Å². The molecule has 1 atom stereocenters. The van der Waals surface area contributed by atoms with Crippen LogP contribution in [-0.2, 0) is 9.59 Å². The van der Waals surface area contributed by atoms with Crippen molar-refractivity contribution in [3.8, 4) is 0 Å². The van der Waals surface area contributed by atoms with Crippen LogP contribution in [0.15, 0.2) is 22.7 Å². The van der Waals surface area contributed by atoms with Gasteiger partial charge in [0.25, 0.3) is 0 Å². The molecule has 5 nitrogen and oxygen atoms in total. The second-order valence-electron chi connectivity index (χ2n) is 4.38. The van der Waals surface area contributed by atoms with Crippen molar-refractivity contribution in [1.29, 1.82) is 0 Å². The molecule has 1 aliphatic rings. The lowest BCUT2D eigenvalue weighted by molar-refractivity contribution is -0.117. The minimum absolute atomic E-state index is 0.0461. The second kappa shape index (κ2) is 5.97. The molecule has 1 aliphatic heterocycles. The van der Waals surface area contributed by atoms with Crippen molar-refractivity contribution in [1.82, 2.24) is 0 Å². The summed E-state index contributed by atoms with van der Waals surface area (Å²) in [6, 6.07) is 4.76. The number of carbonyl (C=O) groups excluding carboxylic acids is 2. The van der Waals surface area contributed by atoms with Crippen molar-refractivity contribution in [2.75, 3.05) is 11.4 Å². The van der Waals surface area contributed by atoms with E-state index in [2.05, 4.69) is 15.9 Å². The summed E-state index contributed by atoms with van der Waals surface area (Å²) in [5.41, 5.74) is 0.429. The lowest BCUT2D eigenvalue weighted by atomic mass is 10.1. The van der Waals surface area contributed by atoms with E-state index in [1.807, 2.05) is 0 Å². The van der Waals surface area contributed by atoms with Gasteiger partial charge in [-0.15, -0.1) is 0 Å². The van der Waals surface area contributed by atoms with Gasteiger partial charge in [-0.2, -0.15) is 0 Å². The smallest absolute Gasteiger partial charge is 0.337 e. The van der Waals surface area contributed by atoms with Crippen molar-refractivity contribution < 1.29 is 19.5 Å². The SMILES string of the molecule is CC(=O)SC1CC(=O)N(c2c(Br)cccc2C(=O)O)C1. The Hall–Kier alpha value is -1.34. The van der Waals surface area contributed by atoms with Gasteiger partial charge in [0.2, 0.25) is 5.91 Å². The zero-order valence-corrected chi connectivity index (χ0v) is 13.0. The molecule has 7 heteroatoms. The van der Waals surface area contributed by atoms with Crippen LogP contribution in [0.3, 0.4) is 0 Å². The molecule has 0 radical (unpaired) electrons. The van der Waals surface area contributed by atoms with Crippen LogP contribution in [0.2, 0.25) is 0 Å². The van der Waals surface area contributed by atoms with E-state index in [0.717, 1.165) is 11.8 Å². The number of benzene rings is 1. The van der Waals surface area contributed by atoms with Crippen LogP contribution in [0.4, 0.5) is 5.69 Å². The highest BCUT2D eigenvalue weighted by atomic mass is 79.9. The number of rotatable bonds is 3. The number of thioether (sulfide) groups is 1. The molecule has 1 aromatic carbocycles. The van der Waals surface area contributed by atoms with Gasteiger partial charge < -0.3 is 10.0 Å². The Morgan fingerprint density at radius 3 is 2.75 bits per heavy atom. The fourth-order valence-corrected chi connectivity index (χ4v) is 3.67. The van der Waals surface area contributed by atoms with Gasteiger partial charge in [0.15, 0.2) is 5.12 Å². The average Bonchev–Trinajstić information content (AvgIpc) is 2.68. The predicted octanol–water partition coefficient (Wildman–Crippen LogP) is 2.53. The minimum Gasteiger partial charge on any atom is -0.478 e. The van der Waals surface area contributed by atoms with Gasteiger partial charge in [-0.1, -0.05) is 17.8 Å². The summed E-state index contributed by atoms with van der Waals surface area (Å²) in [6.45, 7) is 1.80. The predicted molar refractivity (Wildman–Crippen MR) is 80.1 cm³/mol. The van der Waals surface area contributed by atoms with Gasteiger partial charge in [-0.25, -0.2) is 4.79 Å². The number of aromatic carboxylic acids is 1. The standard InChI is InChI=1S/C13H12BrNO4S/c1-7(16)20-8-5-11(17)15(6-8)12-9(13(18)19)3-2-4-10(12)14/h2-4,8H,5-6H2,1H3,(H,18,19). The Kier molecular flexibility index (Phi) is 4.49. The lowest BCUT2D eigenvalue weighted by Crippen LogP contribution is -2.27. The highest BCUT2D eigenvalue weighted by Crippen LogP contribution is 2.35. The molecular formula is C13H12BrNO4S. The average molecular weight is 358 g/mol. The Labute approximate surface area is 128 Å². The van der Waals surface area contributed by atoms with Crippen molar-refractivity contribution in [2.45, 2.75) is 18.6 Å². The molecule has 1 unspecified atom stereocenters. The highest BCUT2D eigenvalue weighted by molar-refractivity contribution is 9.10. The largest absolute Gasteiger partial charge is 0.478 e. The van der Waals surface area contributed by atoms with Crippen LogP contribution >= 0.6 is 27.7 Å². The van der Waals surface area contributed by atoms with E-state index in [9.17, 15) is 19.5 Å². The third-order valence-corrected chi connectivity index (χ3v) is 4.53. The summed E-state index contributed by atoms with van der Waals surface area (Å²) < 4.78 is 0.555. The maximum absolute atomic E-state index is 12.1. The van der Waals surface area contributed by atoms with E-state index in [1.165, 1.54) is 17.9 Å². The van der Waals surface area contributed by atoms with Crippen LogP contribution in [0.25, 0.3) is 0 Å². The number of carboxylic acids is 1. The number of carboxylic acid groups (broad SMARTS) is 1. The molecule has 1 heterocycles. The summed E-state index contributed by atoms with van der Waals surface area (Å²) in [7, 11) is 0. The number of nitrogens with zero attached hydrogens (tertiary/aromatic N) is 1. The van der Waals surface area contributed by atoms with Gasteiger partial charge in [0.05, 0.1) is 11.3 Å². The number of halogens is 1. The Balaban J connectivity index is 2.35. The Bertz CT molecular complexity index is 590. The summed E-state index contributed by atoms with van der Waals surface area (Å²) in [4.78, 5) is 35.9. The molecule has 1 aromatic rings. The molecule has 106 valence electrons. The zero-order chi connectivity index (χ0) is 14.9. The summed E-state index contributed by atoms with van der Waals surface area (Å²) in [6.07, 6.45) is 0.241. The molecule has 0 spiro atoms. The Morgan fingerprint density at radius 2 is 2.15 bits per heavy atom. The summed E-state index contributed by atoms with van der Waals surface area (Å²) in [5, 5.41) is 9.05. The van der Waals surface area contributed by atoms with Crippen molar-refractivity contribution in [3.63, 3.8) is 0 Å². The van der Waals surface area contributed by atoms with Crippen LogP contribution in [0.1, 0.15) is 23.7 Å². The third-order valence-electron chi connectivity index (χ3n) is 2.91. The number of carbonyl (C=O) groups is 3. The van der Waals surface area contributed by atoms with Crippen LogP contribution in [0.5, 0.6) is 0 Å². The van der Waals surface area contributed by atoms with Crippen molar-refractivity contribution in [3.05, 3.63) is 28.2 Å². The summed E-state index contributed by atoms with van der Waals surface area (Å²) in [5.74, 6) is -1.25.